The van der Waals surface area contributed by atoms with E-state index in [1.54, 1.807) is 12.3 Å². The number of ether oxygens (including phenoxy) is 2. The number of hydrogen-bond acceptors (Lipinski definition) is 10. The molecule has 0 spiro atoms. The lowest BCUT2D eigenvalue weighted by atomic mass is 10.1. The van der Waals surface area contributed by atoms with E-state index in [2.05, 4.69) is 30.5 Å². The highest BCUT2D eigenvalue weighted by atomic mass is 16.5. The molecule has 3 aromatic heterocycles. The molecule has 0 saturated heterocycles. The lowest BCUT2D eigenvalue weighted by Crippen LogP contribution is -2.26. The number of anilines is 2. The molecule has 0 fully saturated rings. The van der Waals surface area contributed by atoms with Gasteiger partial charge in [0, 0.05) is 12.6 Å². The van der Waals surface area contributed by atoms with Gasteiger partial charge < -0.3 is 25.6 Å². The molecule has 11 nitrogen and oxygen atoms in total. The van der Waals surface area contributed by atoms with Crippen molar-refractivity contribution in [2.24, 2.45) is 5.73 Å². The molecule has 0 aliphatic rings. The van der Waals surface area contributed by atoms with Gasteiger partial charge in [-0.25, -0.2) is 9.97 Å². The fraction of sp³-hybridized carbons (Fsp3) is 0.235. The normalized spacial score (nSPS) is 11.5. The molecule has 3 aromatic rings. The minimum absolute atomic E-state index is 0.0123. The lowest BCUT2D eigenvalue weighted by molar-refractivity contribution is 0.114. The Morgan fingerprint density at radius 1 is 1.25 bits per heavy atom. The Morgan fingerprint density at radius 3 is 2.75 bits per heavy atom. The van der Waals surface area contributed by atoms with Crippen molar-refractivity contribution in [1.82, 2.24) is 25.1 Å². The highest BCUT2D eigenvalue weighted by Crippen LogP contribution is 2.37. The van der Waals surface area contributed by atoms with Gasteiger partial charge in [0.2, 0.25) is 0 Å². The summed E-state index contributed by atoms with van der Waals surface area (Å²) < 4.78 is 11.0. The number of pyridine rings is 1. The Bertz CT molecular complexity index is 967. The van der Waals surface area contributed by atoms with E-state index in [0.29, 0.717) is 34.4 Å². The number of aliphatic hydroxyl groups excluding tert-OH is 1. The van der Waals surface area contributed by atoms with E-state index >= 15 is 0 Å². The number of nitrogens with two attached hydrogens (primary N) is 1. The zero-order valence-electron chi connectivity index (χ0n) is 15.0. The monoisotopic (exact) mass is 382 g/mol. The third-order valence-electron chi connectivity index (χ3n) is 3.67. The zero-order valence-corrected chi connectivity index (χ0v) is 15.0. The van der Waals surface area contributed by atoms with Crippen molar-refractivity contribution >= 4 is 11.6 Å². The van der Waals surface area contributed by atoms with Crippen LogP contribution in [0.15, 0.2) is 30.9 Å². The number of nitrogens with one attached hydrogen (secondary N) is 2. The molecule has 0 saturated carbocycles. The van der Waals surface area contributed by atoms with E-state index in [0.717, 1.165) is 0 Å². The Labute approximate surface area is 160 Å². The van der Waals surface area contributed by atoms with Crippen LogP contribution in [0, 0.1) is 11.3 Å². The minimum atomic E-state index is -0.798. The molecule has 1 atom stereocenters. The molecule has 3 heterocycles. The van der Waals surface area contributed by atoms with Crippen molar-refractivity contribution in [2.45, 2.75) is 6.10 Å². The molecule has 0 aliphatic carbocycles. The molecule has 0 bridgehead atoms. The molecule has 5 N–H and O–H groups in total. The average molecular weight is 382 g/mol. The van der Waals surface area contributed by atoms with Gasteiger partial charge in [-0.2, -0.15) is 10.4 Å². The van der Waals surface area contributed by atoms with Gasteiger partial charge in [-0.3, -0.25) is 10.1 Å². The predicted octanol–water partition coefficient (Wildman–Crippen LogP) is 0.584. The first-order valence-electron chi connectivity index (χ1n) is 8.22. The Morgan fingerprint density at radius 2 is 2.07 bits per heavy atom. The van der Waals surface area contributed by atoms with Crippen molar-refractivity contribution in [1.29, 1.82) is 5.26 Å². The van der Waals surface area contributed by atoms with Crippen LogP contribution >= 0.6 is 0 Å². The smallest absolute Gasteiger partial charge is 0.158 e. The van der Waals surface area contributed by atoms with Crippen LogP contribution in [0.2, 0.25) is 0 Å². The molecule has 0 radical (unpaired) electrons. The van der Waals surface area contributed by atoms with Gasteiger partial charge in [0.05, 0.1) is 43.2 Å². The summed E-state index contributed by atoms with van der Waals surface area (Å²) in [5.74, 6) is 1.77. The summed E-state index contributed by atoms with van der Waals surface area (Å²) in [5.41, 5.74) is 6.82. The van der Waals surface area contributed by atoms with Crippen LogP contribution in [0.1, 0.15) is 5.69 Å². The van der Waals surface area contributed by atoms with Gasteiger partial charge in [-0.15, -0.1) is 0 Å². The van der Waals surface area contributed by atoms with Gasteiger partial charge in [-0.1, -0.05) is 0 Å². The number of methoxy groups -OCH3 is 1. The molecule has 1 unspecified atom stereocenters. The topological polar surface area (TPSA) is 168 Å². The van der Waals surface area contributed by atoms with Crippen molar-refractivity contribution in [3.63, 3.8) is 0 Å². The van der Waals surface area contributed by atoms with Crippen molar-refractivity contribution < 1.29 is 14.6 Å². The summed E-state index contributed by atoms with van der Waals surface area (Å²) in [6.45, 7) is 0.0922. The fourth-order valence-electron chi connectivity index (χ4n) is 2.30. The number of aromatic nitrogens is 5. The number of rotatable bonds is 8. The van der Waals surface area contributed by atoms with E-state index in [4.69, 9.17) is 20.5 Å². The van der Waals surface area contributed by atoms with Crippen molar-refractivity contribution in [2.75, 3.05) is 25.6 Å². The van der Waals surface area contributed by atoms with Crippen LogP contribution in [0.3, 0.4) is 0 Å². The van der Waals surface area contributed by atoms with E-state index in [9.17, 15) is 5.11 Å². The standard InChI is InChI=1S/C17H18N8O3/c1-27-13-6-20-7-14(28-9-11(26)4-19)17(13)12-2-15(25-24-12)23-16-8-21-10(3-18)5-22-16/h2,5-8,11,26H,4,9,19H2,1H3,(H2,22,23,24,25). The van der Waals surface area contributed by atoms with Gasteiger partial charge in [-0.05, 0) is 0 Å². The van der Waals surface area contributed by atoms with Gasteiger partial charge >= 0.3 is 0 Å². The second-order valence-electron chi connectivity index (χ2n) is 5.61. The number of H-pyrrole nitrogens is 1. The summed E-state index contributed by atoms with van der Waals surface area (Å²) in [4.78, 5) is 12.1. The number of nitriles is 1. The summed E-state index contributed by atoms with van der Waals surface area (Å²) in [5, 5.41) is 28.5. The van der Waals surface area contributed by atoms with Gasteiger partial charge in [0.15, 0.2) is 17.3 Å². The lowest BCUT2D eigenvalue weighted by Gasteiger charge is -2.14. The Balaban J connectivity index is 1.85. The van der Waals surface area contributed by atoms with E-state index in [1.165, 1.54) is 25.7 Å². The van der Waals surface area contributed by atoms with Gasteiger partial charge in [0.1, 0.15) is 30.3 Å². The van der Waals surface area contributed by atoms with Crippen LogP contribution < -0.4 is 20.5 Å². The summed E-state index contributed by atoms with van der Waals surface area (Å²) in [6.07, 6.45) is 5.05. The highest BCUT2D eigenvalue weighted by molar-refractivity contribution is 5.75. The number of aliphatic hydroxyl groups is 1. The van der Waals surface area contributed by atoms with Crippen LogP contribution in [0.5, 0.6) is 11.5 Å². The maximum Gasteiger partial charge on any atom is 0.158 e. The average Bonchev–Trinajstić information content (AvgIpc) is 3.20. The fourth-order valence-corrected chi connectivity index (χ4v) is 2.30. The van der Waals surface area contributed by atoms with Crippen LogP contribution in [-0.2, 0) is 0 Å². The Hall–Kier alpha value is -3.75. The molecular formula is C17H18N8O3. The van der Waals surface area contributed by atoms with Crippen molar-refractivity contribution in [3.05, 3.63) is 36.5 Å². The third kappa shape index (κ3) is 4.32. The molecule has 0 aromatic carbocycles. The zero-order chi connectivity index (χ0) is 19.9. The third-order valence-corrected chi connectivity index (χ3v) is 3.67. The quantitative estimate of drug-likeness (QED) is 0.432. The molecule has 0 aliphatic heterocycles. The Kier molecular flexibility index (Phi) is 5.95. The first-order chi connectivity index (χ1) is 13.6. The second-order valence-corrected chi connectivity index (χ2v) is 5.61. The maximum absolute atomic E-state index is 9.65. The molecule has 0 amide bonds. The molecular weight excluding hydrogens is 364 g/mol. The minimum Gasteiger partial charge on any atom is -0.494 e. The van der Waals surface area contributed by atoms with Crippen molar-refractivity contribution in [3.8, 4) is 28.8 Å². The largest absolute Gasteiger partial charge is 0.494 e. The number of aromatic amines is 1. The van der Waals surface area contributed by atoms with E-state index < -0.39 is 6.10 Å². The first-order valence-corrected chi connectivity index (χ1v) is 8.22. The second kappa shape index (κ2) is 8.76. The van der Waals surface area contributed by atoms with Crippen LogP contribution in [0.25, 0.3) is 11.3 Å². The van der Waals surface area contributed by atoms with E-state index in [1.807, 2.05) is 6.07 Å². The first kappa shape index (κ1) is 19.0. The molecule has 3 rings (SSSR count). The molecule has 28 heavy (non-hydrogen) atoms. The number of hydrogen-bond donors (Lipinski definition) is 4. The predicted molar refractivity (Wildman–Crippen MR) is 99.0 cm³/mol. The van der Waals surface area contributed by atoms with E-state index in [-0.39, 0.29) is 18.8 Å². The summed E-state index contributed by atoms with van der Waals surface area (Å²) >= 11 is 0. The molecule has 11 heteroatoms. The maximum atomic E-state index is 9.65. The number of nitrogens with zero attached hydrogens (tertiary/aromatic N) is 5. The summed E-state index contributed by atoms with van der Waals surface area (Å²) in [6, 6.07) is 3.63. The summed E-state index contributed by atoms with van der Waals surface area (Å²) in [7, 11) is 1.51. The van der Waals surface area contributed by atoms with Crippen LogP contribution in [-0.4, -0.2) is 56.6 Å². The SMILES string of the molecule is COc1cncc(OCC(O)CN)c1-c1cc(Nc2cnc(C#N)cn2)n[nH]1. The van der Waals surface area contributed by atoms with Crippen LogP contribution in [0.4, 0.5) is 11.6 Å². The van der Waals surface area contributed by atoms with Gasteiger partial charge in [0.25, 0.3) is 0 Å². The highest BCUT2D eigenvalue weighted by Gasteiger charge is 2.17. The molecule has 144 valence electrons.